The molecule has 0 spiro atoms. The van der Waals surface area contributed by atoms with Crippen LogP contribution in [0.2, 0.25) is 0 Å². The molecule has 1 fully saturated rings. The van der Waals surface area contributed by atoms with E-state index in [1.165, 1.54) is 0 Å². The number of hydrogen-bond donors (Lipinski definition) is 1. The Kier molecular flexibility index (Phi) is 5.16. The summed E-state index contributed by atoms with van der Waals surface area (Å²) in [5.74, 6) is -7.48. The van der Waals surface area contributed by atoms with E-state index in [0.29, 0.717) is 6.07 Å². The molecule has 1 aliphatic heterocycles. The van der Waals surface area contributed by atoms with Crippen molar-refractivity contribution < 1.29 is 31.2 Å². The molecule has 0 aromatic heterocycles. The number of likely N-dealkylation sites (N-methyl/N-ethyl adjacent to an activating group) is 1. The number of anilines is 1. The third kappa shape index (κ3) is 3.69. The van der Waals surface area contributed by atoms with Crippen molar-refractivity contribution in [1.82, 2.24) is 4.90 Å². The molecule has 1 N–H and O–H groups in total. The summed E-state index contributed by atoms with van der Waals surface area (Å²) >= 11 is 0. The molecule has 1 aromatic rings. The number of benzene rings is 1. The van der Waals surface area contributed by atoms with E-state index in [1.807, 2.05) is 5.32 Å². The number of carbonyl (C=O) groups is 2. The highest BCUT2D eigenvalue weighted by Gasteiger charge is 2.36. The normalized spacial score (nSPS) is 19.1. The highest BCUT2D eigenvalue weighted by molar-refractivity contribution is 7.91. The monoisotopic (exact) mass is 364 g/mol. The van der Waals surface area contributed by atoms with E-state index in [9.17, 15) is 31.2 Å². The van der Waals surface area contributed by atoms with E-state index < -0.39 is 50.8 Å². The second-order valence-corrected chi connectivity index (χ2v) is 7.55. The van der Waals surface area contributed by atoms with Crippen LogP contribution in [0, 0.1) is 17.5 Å². The van der Waals surface area contributed by atoms with Crippen molar-refractivity contribution in [3.05, 3.63) is 29.6 Å². The van der Waals surface area contributed by atoms with E-state index in [0.717, 1.165) is 11.0 Å². The fraction of sp³-hybridized carbons (Fsp3) is 0.429. The summed E-state index contributed by atoms with van der Waals surface area (Å²) in [5, 5.41) is 1.88. The zero-order chi connectivity index (χ0) is 18.1. The average Bonchev–Trinajstić information content (AvgIpc) is 2.88. The fourth-order valence-electron chi connectivity index (χ4n) is 2.52. The van der Waals surface area contributed by atoms with Gasteiger partial charge >= 0.3 is 11.8 Å². The first-order valence-corrected chi connectivity index (χ1v) is 8.94. The number of hydrogen-bond acceptors (Lipinski definition) is 4. The largest absolute Gasteiger partial charge is 0.331 e. The minimum Gasteiger partial charge on any atom is -0.331 e. The number of nitrogens with one attached hydrogen (secondary N) is 1. The maximum atomic E-state index is 13.5. The van der Waals surface area contributed by atoms with Crippen LogP contribution in [-0.4, -0.2) is 49.2 Å². The van der Waals surface area contributed by atoms with E-state index in [2.05, 4.69) is 0 Å². The topological polar surface area (TPSA) is 83.6 Å². The van der Waals surface area contributed by atoms with Crippen LogP contribution in [0.25, 0.3) is 0 Å². The lowest BCUT2D eigenvalue weighted by atomic mass is 10.2. The minimum absolute atomic E-state index is 0.0761. The van der Waals surface area contributed by atoms with Gasteiger partial charge in [-0.05, 0) is 25.5 Å². The van der Waals surface area contributed by atoms with Crippen molar-refractivity contribution in [3.63, 3.8) is 0 Å². The van der Waals surface area contributed by atoms with Crippen LogP contribution in [0.5, 0.6) is 0 Å². The Hall–Kier alpha value is -2.10. The number of rotatable bonds is 3. The van der Waals surface area contributed by atoms with Gasteiger partial charge in [-0.3, -0.25) is 9.59 Å². The Morgan fingerprint density at radius 2 is 1.92 bits per heavy atom. The van der Waals surface area contributed by atoms with Gasteiger partial charge in [0, 0.05) is 12.6 Å². The predicted octanol–water partition coefficient (Wildman–Crippen LogP) is 1.08. The van der Waals surface area contributed by atoms with Crippen molar-refractivity contribution in [2.75, 3.05) is 23.4 Å². The molecule has 2 rings (SSSR count). The van der Waals surface area contributed by atoms with Crippen molar-refractivity contribution in [1.29, 1.82) is 0 Å². The first kappa shape index (κ1) is 18.2. The van der Waals surface area contributed by atoms with Crippen LogP contribution in [0.3, 0.4) is 0 Å². The van der Waals surface area contributed by atoms with Gasteiger partial charge in [0.25, 0.3) is 0 Å². The molecule has 1 aliphatic rings. The summed E-state index contributed by atoms with van der Waals surface area (Å²) in [4.78, 5) is 25.2. The quantitative estimate of drug-likeness (QED) is 0.643. The molecule has 0 aliphatic carbocycles. The number of halogens is 3. The molecule has 6 nitrogen and oxygen atoms in total. The second-order valence-electron chi connectivity index (χ2n) is 5.33. The maximum Gasteiger partial charge on any atom is 0.313 e. The number of nitrogens with zero attached hydrogens (tertiary/aromatic N) is 1. The molecule has 1 heterocycles. The molecular weight excluding hydrogens is 349 g/mol. The van der Waals surface area contributed by atoms with Gasteiger partial charge in [-0.15, -0.1) is 0 Å². The predicted molar refractivity (Wildman–Crippen MR) is 79.4 cm³/mol. The third-order valence-electron chi connectivity index (χ3n) is 3.73. The Labute approximate surface area is 136 Å². The summed E-state index contributed by atoms with van der Waals surface area (Å²) in [6, 6.07) is 0.752. The smallest absolute Gasteiger partial charge is 0.313 e. The van der Waals surface area contributed by atoms with Crippen LogP contribution in [-0.2, 0) is 19.4 Å². The second kappa shape index (κ2) is 6.80. The molecule has 1 atom stereocenters. The van der Waals surface area contributed by atoms with Gasteiger partial charge in [0.15, 0.2) is 27.3 Å². The molecule has 24 heavy (non-hydrogen) atoms. The van der Waals surface area contributed by atoms with Gasteiger partial charge in [0.1, 0.15) is 0 Å². The first-order chi connectivity index (χ1) is 11.2. The fourth-order valence-corrected chi connectivity index (χ4v) is 4.25. The standard InChI is InChI=1S/C14H15F3N2O4S/c1-2-19(8-5-6-24(22,23)7-8)14(21)13(20)18-10-4-3-9(15)11(16)12(10)17/h3-4,8H,2,5-7H2,1H3,(H,18,20). The van der Waals surface area contributed by atoms with E-state index in [-0.39, 0.29) is 24.5 Å². The lowest BCUT2D eigenvalue weighted by molar-refractivity contribution is -0.144. The van der Waals surface area contributed by atoms with E-state index in [1.54, 1.807) is 6.92 Å². The van der Waals surface area contributed by atoms with Crippen LogP contribution in [0.15, 0.2) is 12.1 Å². The molecule has 132 valence electrons. The van der Waals surface area contributed by atoms with E-state index >= 15 is 0 Å². The van der Waals surface area contributed by atoms with Crippen molar-refractivity contribution in [3.8, 4) is 0 Å². The van der Waals surface area contributed by atoms with Crippen molar-refractivity contribution in [2.24, 2.45) is 0 Å². The van der Waals surface area contributed by atoms with Crippen LogP contribution in [0.4, 0.5) is 18.9 Å². The molecule has 0 radical (unpaired) electrons. The third-order valence-corrected chi connectivity index (χ3v) is 5.48. The van der Waals surface area contributed by atoms with Crippen LogP contribution in [0.1, 0.15) is 13.3 Å². The van der Waals surface area contributed by atoms with Crippen molar-refractivity contribution in [2.45, 2.75) is 19.4 Å². The van der Waals surface area contributed by atoms with Gasteiger partial charge in [0.2, 0.25) is 0 Å². The lowest BCUT2D eigenvalue weighted by Crippen LogP contribution is -2.46. The molecule has 10 heteroatoms. The Morgan fingerprint density at radius 3 is 2.46 bits per heavy atom. The van der Waals surface area contributed by atoms with Gasteiger partial charge < -0.3 is 10.2 Å². The highest BCUT2D eigenvalue weighted by atomic mass is 32.2. The van der Waals surface area contributed by atoms with E-state index in [4.69, 9.17) is 0 Å². The number of carbonyl (C=O) groups excluding carboxylic acids is 2. The molecular formula is C14H15F3N2O4S. The molecule has 0 saturated carbocycles. The van der Waals surface area contributed by atoms with Crippen molar-refractivity contribution >= 4 is 27.3 Å². The SMILES string of the molecule is CCN(C(=O)C(=O)Nc1ccc(F)c(F)c1F)C1CCS(=O)(=O)C1. The van der Waals surface area contributed by atoms with Gasteiger partial charge in [-0.1, -0.05) is 0 Å². The number of amides is 2. The highest BCUT2D eigenvalue weighted by Crippen LogP contribution is 2.21. The molecule has 1 saturated heterocycles. The minimum atomic E-state index is -3.26. The van der Waals surface area contributed by atoms with Gasteiger partial charge in [0.05, 0.1) is 17.2 Å². The average molecular weight is 364 g/mol. The lowest BCUT2D eigenvalue weighted by Gasteiger charge is -2.26. The Balaban J connectivity index is 2.14. The molecule has 2 amide bonds. The summed E-state index contributed by atoms with van der Waals surface area (Å²) in [5.41, 5.74) is -0.678. The molecule has 0 bridgehead atoms. The first-order valence-electron chi connectivity index (χ1n) is 7.12. The van der Waals surface area contributed by atoms with Crippen LogP contribution >= 0.6 is 0 Å². The zero-order valence-corrected chi connectivity index (χ0v) is 13.5. The summed E-state index contributed by atoms with van der Waals surface area (Å²) in [7, 11) is -3.26. The maximum absolute atomic E-state index is 13.5. The zero-order valence-electron chi connectivity index (χ0n) is 12.7. The molecule has 1 aromatic carbocycles. The summed E-state index contributed by atoms with van der Waals surface area (Å²) in [6.45, 7) is 1.64. The van der Waals surface area contributed by atoms with Gasteiger partial charge in [-0.25, -0.2) is 21.6 Å². The Morgan fingerprint density at radius 1 is 1.25 bits per heavy atom. The Bertz CT molecular complexity index is 782. The summed E-state index contributed by atoms with van der Waals surface area (Å²) in [6.07, 6.45) is 0.203. The van der Waals surface area contributed by atoms with Crippen LogP contribution < -0.4 is 5.32 Å². The van der Waals surface area contributed by atoms with Gasteiger partial charge in [-0.2, -0.15) is 0 Å². The molecule has 1 unspecified atom stereocenters. The summed E-state index contributed by atoms with van der Waals surface area (Å²) < 4.78 is 62.5. The number of sulfone groups is 1.